The Morgan fingerprint density at radius 3 is 2.64 bits per heavy atom. The standard InChI is InChI=1S/C12H18S2/c1-3-4-5-9-14-12-8-6-7-11(10-12)13-2/h6-8,10H,3-5,9H2,1-2H3. The van der Waals surface area contributed by atoms with Crippen molar-refractivity contribution in [3.05, 3.63) is 24.3 Å². The van der Waals surface area contributed by atoms with Gasteiger partial charge in [0.25, 0.3) is 0 Å². The van der Waals surface area contributed by atoms with E-state index in [1.807, 2.05) is 23.5 Å². The maximum atomic E-state index is 2.28. The van der Waals surface area contributed by atoms with Crippen LogP contribution in [0.2, 0.25) is 0 Å². The molecule has 78 valence electrons. The van der Waals surface area contributed by atoms with Crippen molar-refractivity contribution >= 4 is 23.5 Å². The molecule has 0 atom stereocenters. The van der Waals surface area contributed by atoms with Crippen LogP contribution in [0.5, 0.6) is 0 Å². The molecule has 0 fully saturated rings. The Kier molecular flexibility index (Phi) is 6.20. The molecule has 0 nitrogen and oxygen atoms in total. The van der Waals surface area contributed by atoms with Gasteiger partial charge in [-0.3, -0.25) is 0 Å². The molecule has 0 N–H and O–H groups in total. The van der Waals surface area contributed by atoms with Gasteiger partial charge >= 0.3 is 0 Å². The van der Waals surface area contributed by atoms with Crippen LogP contribution in [0.15, 0.2) is 34.1 Å². The molecule has 2 heteroatoms. The molecule has 0 amide bonds. The molecule has 0 saturated carbocycles. The van der Waals surface area contributed by atoms with Crippen molar-refractivity contribution in [1.29, 1.82) is 0 Å². The van der Waals surface area contributed by atoms with Gasteiger partial charge in [-0.05, 0) is 36.6 Å². The van der Waals surface area contributed by atoms with E-state index in [0.717, 1.165) is 0 Å². The summed E-state index contributed by atoms with van der Waals surface area (Å²) < 4.78 is 0. The van der Waals surface area contributed by atoms with E-state index < -0.39 is 0 Å². The van der Waals surface area contributed by atoms with E-state index in [1.54, 1.807) is 0 Å². The molecule has 0 radical (unpaired) electrons. The van der Waals surface area contributed by atoms with E-state index in [2.05, 4.69) is 37.4 Å². The third kappa shape index (κ3) is 4.43. The van der Waals surface area contributed by atoms with Crippen molar-refractivity contribution in [2.75, 3.05) is 12.0 Å². The minimum absolute atomic E-state index is 1.26. The molecule has 0 heterocycles. The summed E-state index contributed by atoms with van der Waals surface area (Å²) in [5, 5.41) is 0. The minimum Gasteiger partial charge on any atom is -0.130 e. The highest BCUT2D eigenvalue weighted by atomic mass is 32.2. The van der Waals surface area contributed by atoms with Crippen molar-refractivity contribution in [3.63, 3.8) is 0 Å². The van der Waals surface area contributed by atoms with Crippen molar-refractivity contribution in [3.8, 4) is 0 Å². The van der Waals surface area contributed by atoms with Crippen molar-refractivity contribution in [2.24, 2.45) is 0 Å². The number of thioether (sulfide) groups is 2. The highest BCUT2D eigenvalue weighted by Crippen LogP contribution is 2.24. The molecule has 0 aliphatic carbocycles. The van der Waals surface area contributed by atoms with Crippen molar-refractivity contribution < 1.29 is 0 Å². The second-order valence-corrected chi connectivity index (χ2v) is 5.28. The summed E-state index contributed by atoms with van der Waals surface area (Å²) in [4.78, 5) is 2.78. The molecule has 14 heavy (non-hydrogen) atoms. The Morgan fingerprint density at radius 1 is 1.14 bits per heavy atom. The maximum absolute atomic E-state index is 2.28. The number of benzene rings is 1. The van der Waals surface area contributed by atoms with Crippen LogP contribution in [0, 0.1) is 0 Å². The monoisotopic (exact) mass is 226 g/mol. The Labute approximate surface area is 95.9 Å². The number of unbranched alkanes of at least 4 members (excludes halogenated alkanes) is 2. The molecule has 1 rings (SSSR count). The van der Waals surface area contributed by atoms with Crippen LogP contribution in [0.1, 0.15) is 26.2 Å². The van der Waals surface area contributed by atoms with Crippen molar-refractivity contribution in [2.45, 2.75) is 36.0 Å². The first-order valence-corrected chi connectivity index (χ1v) is 7.34. The minimum atomic E-state index is 1.26. The van der Waals surface area contributed by atoms with Crippen LogP contribution in [-0.2, 0) is 0 Å². The Balaban J connectivity index is 2.34. The van der Waals surface area contributed by atoms with E-state index >= 15 is 0 Å². The first kappa shape index (κ1) is 12.0. The van der Waals surface area contributed by atoms with Crippen LogP contribution in [0.4, 0.5) is 0 Å². The van der Waals surface area contributed by atoms with Gasteiger partial charge in [0.05, 0.1) is 0 Å². The SMILES string of the molecule is CCCCCSc1cccc(SC)c1. The van der Waals surface area contributed by atoms with Gasteiger partial charge in [-0.15, -0.1) is 23.5 Å². The van der Waals surface area contributed by atoms with Crippen LogP contribution in [0.25, 0.3) is 0 Å². The molecule has 0 aliphatic rings. The van der Waals surface area contributed by atoms with Gasteiger partial charge in [0, 0.05) is 9.79 Å². The lowest BCUT2D eigenvalue weighted by Gasteiger charge is -2.02. The lowest BCUT2D eigenvalue weighted by atomic mass is 10.3. The van der Waals surface area contributed by atoms with E-state index in [4.69, 9.17) is 0 Å². The fourth-order valence-corrected chi connectivity index (χ4v) is 2.74. The molecular formula is C12H18S2. The largest absolute Gasteiger partial charge is 0.130 e. The first-order valence-electron chi connectivity index (χ1n) is 5.13. The van der Waals surface area contributed by atoms with E-state index in [9.17, 15) is 0 Å². The summed E-state index contributed by atoms with van der Waals surface area (Å²) in [6.07, 6.45) is 6.13. The van der Waals surface area contributed by atoms with Gasteiger partial charge in [-0.1, -0.05) is 25.8 Å². The number of hydrogen-bond donors (Lipinski definition) is 0. The zero-order valence-corrected chi connectivity index (χ0v) is 10.6. The summed E-state index contributed by atoms with van der Waals surface area (Å²) >= 11 is 3.79. The lowest BCUT2D eigenvalue weighted by molar-refractivity contribution is 0.778. The van der Waals surface area contributed by atoms with Gasteiger partial charge < -0.3 is 0 Å². The fraction of sp³-hybridized carbons (Fsp3) is 0.500. The Hall–Kier alpha value is -0.0800. The quantitative estimate of drug-likeness (QED) is 0.510. The zero-order chi connectivity index (χ0) is 10.2. The highest BCUT2D eigenvalue weighted by Gasteiger charge is 1.95. The fourth-order valence-electron chi connectivity index (χ4n) is 1.23. The predicted octanol–water partition coefficient (Wildman–Crippen LogP) is 4.69. The zero-order valence-electron chi connectivity index (χ0n) is 8.95. The third-order valence-corrected chi connectivity index (χ3v) is 3.86. The number of rotatable bonds is 6. The Morgan fingerprint density at radius 2 is 1.93 bits per heavy atom. The highest BCUT2D eigenvalue weighted by molar-refractivity contribution is 7.99. The second kappa shape index (κ2) is 7.24. The number of hydrogen-bond acceptors (Lipinski definition) is 2. The molecule has 0 spiro atoms. The second-order valence-electron chi connectivity index (χ2n) is 3.23. The molecule has 0 bridgehead atoms. The van der Waals surface area contributed by atoms with E-state index in [1.165, 1.54) is 34.8 Å². The van der Waals surface area contributed by atoms with Crippen LogP contribution >= 0.6 is 23.5 Å². The Bertz CT molecular complexity index is 258. The average Bonchev–Trinajstić information content (AvgIpc) is 2.25. The van der Waals surface area contributed by atoms with Crippen molar-refractivity contribution in [1.82, 2.24) is 0 Å². The predicted molar refractivity (Wildman–Crippen MR) is 68.5 cm³/mol. The van der Waals surface area contributed by atoms with Gasteiger partial charge in [0.2, 0.25) is 0 Å². The lowest BCUT2D eigenvalue weighted by Crippen LogP contribution is -1.80. The smallest absolute Gasteiger partial charge is 0.00830 e. The molecule has 0 unspecified atom stereocenters. The summed E-state index contributed by atoms with van der Waals surface area (Å²) in [7, 11) is 0. The van der Waals surface area contributed by atoms with E-state index in [-0.39, 0.29) is 0 Å². The van der Waals surface area contributed by atoms with E-state index in [0.29, 0.717) is 0 Å². The molecule has 0 saturated heterocycles. The summed E-state index contributed by atoms with van der Waals surface area (Å²) in [5.74, 6) is 1.26. The first-order chi connectivity index (χ1) is 6.86. The molecule has 1 aromatic carbocycles. The average molecular weight is 226 g/mol. The topological polar surface area (TPSA) is 0 Å². The van der Waals surface area contributed by atoms with Crippen LogP contribution in [0.3, 0.4) is 0 Å². The maximum Gasteiger partial charge on any atom is 0.00830 e. The molecule has 0 aliphatic heterocycles. The van der Waals surface area contributed by atoms with Gasteiger partial charge in [0.15, 0.2) is 0 Å². The summed E-state index contributed by atoms with van der Waals surface area (Å²) in [5.41, 5.74) is 0. The molecule has 1 aromatic rings. The van der Waals surface area contributed by atoms with Gasteiger partial charge in [0.1, 0.15) is 0 Å². The third-order valence-electron chi connectivity index (χ3n) is 2.06. The molecule has 0 aromatic heterocycles. The summed E-state index contributed by atoms with van der Waals surface area (Å²) in [6.45, 7) is 2.25. The van der Waals surface area contributed by atoms with Crippen LogP contribution in [-0.4, -0.2) is 12.0 Å². The normalized spacial score (nSPS) is 10.4. The van der Waals surface area contributed by atoms with Gasteiger partial charge in [-0.25, -0.2) is 0 Å². The summed E-state index contributed by atoms with van der Waals surface area (Å²) in [6, 6.07) is 8.80. The molecular weight excluding hydrogens is 208 g/mol. The van der Waals surface area contributed by atoms with Gasteiger partial charge in [-0.2, -0.15) is 0 Å². The van der Waals surface area contributed by atoms with Crippen LogP contribution < -0.4 is 0 Å².